The van der Waals surface area contributed by atoms with E-state index in [1.54, 1.807) is 6.08 Å². The summed E-state index contributed by atoms with van der Waals surface area (Å²) in [4.78, 5) is 23.3. The molecule has 0 heterocycles. The van der Waals surface area contributed by atoms with Gasteiger partial charge in [-0.3, -0.25) is 13.8 Å². The fourth-order valence-corrected chi connectivity index (χ4v) is 7.73. The van der Waals surface area contributed by atoms with E-state index in [0.29, 0.717) is 19.3 Å². The first-order valence-electron chi connectivity index (χ1n) is 22.0. The second-order valence-corrected chi connectivity index (χ2v) is 17.1. The number of nitrogens with one attached hydrogen (secondary N) is 1. The molecule has 0 spiro atoms. The standard InChI is InChI=1S/C43H80NO12P/c1-3-5-7-9-11-13-14-15-16-17-18-19-20-21-22-23-25-27-29-31-36(46)35(44-37(47)32-34(45)30-28-26-24-12-10-8-6-4-2)33-55-57(53,54)56-43-41(51)39(49)38(48)40(50)42(43)52/h10,12,22-23,29,31,34-36,38-43,45-46,48-52H,3-9,11,13-21,24-28,30,32-33H2,1-2H3,(H,44,47)(H,53,54)/b12-10-,23-22+,31-29+. The van der Waals surface area contributed by atoms with E-state index in [9.17, 15) is 50.0 Å². The van der Waals surface area contributed by atoms with Crippen LogP contribution in [0.15, 0.2) is 36.5 Å². The van der Waals surface area contributed by atoms with Gasteiger partial charge < -0.3 is 46.0 Å². The molecule has 1 fully saturated rings. The summed E-state index contributed by atoms with van der Waals surface area (Å²) in [5.41, 5.74) is 0. The van der Waals surface area contributed by atoms with E-state index in [4.69, 9.17) is 9.05 Å². The maximum atomic E-state index is 12.9. The number of aliphatic hydroxyl groups excluding tert-OH is 7. The topological polar surface area (TPSA) is 226 Å². The van der Waals surface area contributed by atoms with Gasteiger partial charge in [0.15, 0.2) is 0 Å². The number of phosphoric acid groups is 1. The molecule has 1 aliphatic carbocycles. The van der Waals surface area contributed by atoms with E-state index >= 15 is 0 Å². The number of rotatable bonds is 35. The van der Waals surface area contributed by atoms with Crippen molar-refractivity contribution in [2.45, 2.75) is 223 Å². The number of unbranched alkanes of at least 4 members (excludes halogenated alkanes) is 18. The van der Waals surface area contributed by atoms with E-state index in [2.05, 4.69) is 43.5 Å². The van der Waals surface area contributed by atoms with Crippen LogP contribution in [0.1, 0.15) is 168 Å². The fourth-order valence-electron chi connectivity index (χ4n) is 6.77. The molecule has 0 saturated heterocycles. The monoisotopic (exact) mass is 834 g/mol. The number of aliphatic hydroxyl groups is 7. The Morgan fingerprint density at radius 3 is 1.60 bits per heavy atom. The Hall–Kier alpha value is -1.48. The highest BCUT2D eigenvalue weighted by atomic mass is 31.2. The maximum absolute atomic E-state index is 12.9. The summed E-state index contributed by atoms with van der Waals surface area (Å²) in [5, 5.41) is 74.1. The number of carbonyl (C=O) groups excluding carboxylic acids is 1. The van der Waals surface area contributed by atoms with E-state index < -0.39 is 75.2 Å². The van der Waals surface area contributed by atoms with Crippen LogP contribution in [0.25, 0.3) is 0 Å². The van der Waals surface area contributed by atoms with Crippen molar-refractivity contribution in [1.29, 1.82) is 0 Å². The summed E-state index contributed by atoms with van der Waals surface area (Å²) in [6.45, 7) is 3.64. The van der Waals surface area contributed by atoms with Gasteiger partial charge in [0, 0.05) is 0 Å². The van der Waals surface area contributed by atoms with Crippen LogP contribution in [0.2, 0.25) is 0 Å². The highest BCUT2D eigenvalue weighted by Crippen LogP contribution is 2.47. The number of hydrogen-bond donors (Lipinski definition) is 9. The van der Waals surface area contributed by atoms with E-state index in [1.807, 2.05) is 0 Å². The number of phosphoric ester groups is 1. The quantitative estimate of drug-likeness (QED) is 0.0187. The van der Waals surface area contributed by atoms with Crippen LogP contribution in [0.5, 0.6) is 0 Å². The molecular formula is C43H80NO12P. The summed E-state index contributed by atoms with van der Waals surface area (Å²) in [6.07, 6.45) is 22.7. The molecule has 13 nitrogen and oxygen atoms in total. The summed E-state index contributed by atoms with van der Waals surface area (Å²) in [6, 6.07) is -1.26. The van der Waals surface area contributed by atoms with Gasteiger partial charge in [0.1, 0.15) is 36.6 Å². The second kappa shape index (κ2) is 33.3. The lowest BCUT2D eigenvalue weighted by molar-refractivity contribution is -0.220. The van der Waals surface area contributed by atoms with Gasteiger partial charge in [0.25, 0.3) is 0 Å². The maximum Gasteiger partial charge on any atom is 0.472 e. The van der Waals surface area contributed by atoms with E-state index in [1.165, 1.54) is 83.1 Å². The molecule has 1 aliphatic rings. The molecular weight excluding hydrogens is 753 g/mol. The lowest BCUT2D eigenvalue weighted by Crippen LogP contribution is -2.64. The molecule has 57 heavy (non-hydrogen) atoms. The summed E-state index contributed by atoms with van der Waals surface area (Å²) >= 11 is 0. The second-order valence-electron chi connectivity index (χ2n) is 15.7. The summed E-state index contributed by atoms with van der Waals surface area (Å²) in [7, 11) is -5.15. The predicted octanol–water partition coefficient (Wildman–Crippen LogP) is 6.58. The zero-order chi connectivity index (χ0) is 42.3. The van der Waals surface area contributed by atoms with Gasteiger partial charge >= 0.3 is 7.82 Å². The van der Waals surface area contributed by atoms with E-state index in [0.717, 1.165) is 51.4 Å². The molecule has 0 radical (unpaired) electrons. The van der Waals surface area contributed by atoms with Gasteiger partial charge in [-0.15, -0.1) is 0 Å². The van der Waals surface area contributed by atoms with E-state index in [-0.39, 0.29) is 6.42 Å². The van der Waals surface area contributed by atoms with Crippen molar-refractivity contribution >= 4 is 13.7 Å². The van der Waals surface area contributed by atoms with Crippen LogP contribution in [-0.2, 0) is 18.4 Å². The number of carbonyl (C=O) groups is 1. The molecule has 0 aliphatic heterocycles. The first-order chi connectivity index (χ1) is 27.3. The van der Waals surface area contributed by atoms with Crippen molar-refractivity contribution in [2.75, 3.05) is 6.61 Å². The van der Waals surface area contributed by atoms with Crippen LogP contribution in [-0.4, -0.2) is 108 Å². The molecule has 8 atom stereocenters. The van der Waals surface area contributed by atoms with Gasteiger partial charge in [-0.2, -0.15) is 0 Å². The Kier molecular flexibility index (Phi) is 31.2. The van der Waals surface area contributed by atoms with Crippen molar-refractivity contribution in [3.05, 3.63) is 36.5 Å². The minimum Gasteiger partial charge on any atom is -0.393 e. The van der Waals surface area contributed by atoms with Crippen molar-refractivity contribution < 1.29 is 59.0 Å². The van der Waals surface area contributed by atoms with Crippen LogP contribution in [0, 0.1) is 0 Å². The normalized spacial score (nSPS) is 24.3. The zero-order valence-electron chi connectivity index (χ0n) is 35.0. The molecule has 0 bridgehead atoms. The largest absolute Gasteiger partial charge is 0.472 e. The molecule has 0 aromatic rings. The first-order valence-corrected chi connectivity index (χ1v) is 23.5. The van der Waals surface area contributed by atoms with Gasteiger partial charge in [-0.25, -0.2) is 4.57 Å². The van der Waals surface area contributed by atoms with Crippen molar-refractivity contribution in [2.24, 2.45) is 0 Å². The van der Waals surface area contributed by atoms with Gasteiger partial charge in [0.05, 0.1) is 31.3 Å². The van der Waals surface area contributed by atoms with Crippen LogP contribution in [0.3, 0.4) is 0 Å². The summed E-state index contributed by atoms with van der Waals surface area (Å²) < 4.78 is 22.8. The predicted molar refractivity (Wildman–Crippen MR) is 224 cm³/mol. The smallest absolute Gasteiger partial charge is 0.393 e. The molecule has 8 unspecified atom stereocenters. The Morgan fingerprint density at radius 2 is 1.05 bits per heavy atom. The Labute approximate surface area is 343 Å². The number of allylic oxidation sites excluding steroid dienone is 5. The molecule has 9 N–H and O–H groups in total. The molecule has 14 heteroatoms. The SMILES string of the molecule is CCCC/C=C\CCCCC(O)CC(=O)NC(COP(=O)(O)OC1C(O)C(O)C(O)C(O)C1O)C(O)/C=C/CC/C=C/CCCCCCCCCCCCCCC. The van der Waals surface area contributed by atoms with Gasteiger partial charge in [-0.05, 0) is 51.4 Å². The van der Waals surface area contributed by atoms with Crippen molar-refractivity contribution in [3.63, 3.8) is 0 Å². The third kappa shape index (κ3) is 25.7. The lowest BCUT2D eigenvalue weighted by Gasteiger charge is -2.41. The minimum absolute atomic E-state index is 0.269. The molecule has 334 valence electrons. The van der Waals surface area contributed by atoms with Crippen molar-refractivity contribution in [3.8, 4) is 0 Å². The third-order valence-corrected chi connectivity index (χ3v) is 11.4. The summed E-state index contributed by atoms with van der Waals surface area (Å²) in [5.74, 6) is -0.619. The van der Waals surface area contributed by atoms with Crippen LogP contribution >= 0.6 is 7.82 Å². The van der Waals surface area contributed by atoms with Gasteiger partial charge in [-0.1, -0.05) is 147 Å². The Morgan fingerprint density at radius 1 is 0.614 bits per heavy atom. The highest BCUT2D eigenvalue weighted by Gasteiger charge is 2.51. The third-order valence-electron chi connectivity index (χ3n) is 10.4. The number of hydrogen-bond acceptors (Lipinski definition) is 11. The van der Waals surface area contributed by atoms with Crippen LogP contribution in [0.4, 0.5) is 0 Å². The average molecular weight is 834 g/mol. The molecule has 0 aromatic carbocycles. The molecule has 1 rings (SSSR count). The lowest BCUT2D eigenvalue weighted by atomic mass is 9.85. The molecule has 1 saturated carbocycles. The molecule has 0 aromatic heterocycles. The van der Waals surface area contributed by atoms with Gasteiger partial charge in [0.2, 0.25) is 5.91 Å². The first kappa shape index (κ1) is 53.5. The fraction of sp³-hybridized carbons (Fsp3) is 0.837. The average Bonchev–Trinajstić information content (AvgIpc) is 3.18. The molecule has 1 amide bonds. The van der Waals surface area contributed by atoms with Crippen molar-refractivity contribution in [1.82, 2.24) is 5.32 Å². The Balaban J connectivity index is 2.59. The highest BCUT2D eigenvalue weighted by molar-refractivity contribution is 7.47. The Bertz CT molecular complexity index is 1120. The van der Waals surface area contributed by atoms with Crippen LogP contribution < -0.4 is 5.32 Å². The number of amides is 1. The zero-order valence-corrected chi connectivity index (χ0v) is 35.9. The minimum atomic E-state index is -5.15.